The molecule has 1 saturated heterocycles. The fourth-order valence-electron chi connectivity index (χ4n) is 4.80. The van der Waals surface area contributed by atoms with Crippen LogP contribution in [0.2, 0.25) is 10.4 Å². The van der Waals surface area contributed by atoms with Gasteiger partial charge in [0.1, 0.15) is 22.7 Å². The Kier molecular flexibility index (Phi) is 5.13. The van der Waals surface area contributed by atoms with Gasteiger partial charge in [-0.3, -0.25) is 0 Å². The van der Waals surface area contributed by atoms with Crippen molar-refractivity contribution in [2.45, 2.75) is 63.5 Å². The van der Waals surface area contributed by atoms with Gasteiger partial charge >= 0.3 is 0 Å². The van der Waals surface area contributed by atoms with Gasteiger partial charge in [0.25, 0.3) is 0 Å². The summed E-state index contributed by atoms with van der Waals surface area (Å²) in [5.74, 6) is -0.204. The molecule has 5 atom stereocenters. The first-order valence-corrected chi connectivity index (χ1v) is 10.9. The van der Waals surface area contributed by atoms with Crippen molar-refractivity contribution in [1.82, 2.24) is 14.5 Å². The Hall–Kier alpha value is -1.93. The molecule has 0 amide bonds. The highest BCUT2D eigenvalue weighted by molar-refractivity contribution is 6.35. The first-order valence-electron chi connectivity index (χ1n) is 10.2. The van der Waals surface area contributed by atoms with E-state index in [2.05, 4.69) is 9.97 Å². The van der Waals surface area contributed by atoms with Crippen LogP contribution in [-0.2, 0) is 9.47 Å². The van der Waals surface area contributed by atoms with Gasteiger partial charge in [0.2, 0.25) is 11.6 Å². The summed E-state index contributed by atoms with van der Waals surface area (Å²) in [5, 5.41) is 1.14. The molecule has 1 unspecified atom stereocenters. The van der Waals surface area contributed by atoms with Crippen molar-refractivity contribution in [3.63, 3.8) is 0 Å². The Balaban J connectivity index is 1.55. The summed E-state index contributed by atoms with van der Waals surface area (Å²) in [6.45, 7) is 5.18. The number of fused-ring (bicyclic) bond motifs is 2. The summed E-state index contributed by atoms with van der Waals surface area (Å²) in [6, 6.07) is 9.33. The molecule has 1 aliphatic heterocycles. The molecule has 1 aliphatic carbocycles. The molecule has 0 bridgehead atoms. The van der Waals surface area contributed by atoms with E-state index < -0.39 is 12.1 Å². The average Bonchev–Trinajstić information content (AvgIpc) is 3.32. The molecule has 1 aromatic carbocycles. The van der Waals surface area contributed by atoms with Gasteiger partial charge in [-0.15, -0.1) is 0 Å². The number of rotatable bonds is 4. The van der Waals surface area contributed by atoms with E-state index >= 15 is 0 Å². The summed E-state index contributed by atoms with van der Waals surface area (Å²) in [6.07, 6.45) is 0.911. The largest absolute Gasteiger partial charge is 0.461 e. The van der Waals surface area contributed by atoms with E-state index in [1.54, 1.807) is 6.07 Å². The van der Waals surface area contributed by atoms with Crippen LogP contribution in [0, 0.1) is 0 Å². The van der Waals surface area contributed by atoms with E-state index in [0.717, 1.165) is 17.4 Å². The quantitative estimate of drug-likeness (QED) is 0.366. The van der Waals surface area contributed by atoms with Gasteiger partial charge in [0.05, 0.1) is 17.5 Å². The van der Waals surface area contributed by atoms with Crippen LogP contribution in [-0.4, -0.2) is 38.9 Å². The zero-order valence-electron chi connectivity index (χ0n) is 17.3. The third-order valence-electron chi connectivity index (χ3n) is 5.87. The molecule has 0 spiro atoms. The lowest BCUT2D eigenvalue weighted by atomic mass is 9.95. The Labute approximate surface area is 189 Å². The van der Waals surface area contributed by atoms with E-state index in [4.69, 9.17) is 37.4 Å². The summed E-state index contributed by atoms with van der Waals surface area (Å²) in [7, 11) is 0. The number of hydrogen-bond donors (Lipinski definition) is 0. The molecular formula is C22H22Cl2FN3O3. The minimum atomic E-state index is -1.38. The highest BCUT2D eigenvalue weighted by atomic mass is 35.5. The van der Waals surface area contributed by atoms with Crippen molar-refractivity contribution in [3.05, 3.63) is 52.5 Å². The molecule has 2 fully saturated rings. The number of benzene rings is 1. The fourth-order valence-corrected chi connectivity index (χ4v) is 5.23. The van der Waals surface area contributed by atoms with E-state index in [-0.39, 0.29) is 29.5 Å². The zero-order chi connectivity index (χ0) is 21.9. The first-order chi connectivity index (χ1) is 14.7. The second-order valence-electron chi connectivity index (χ2n) is 8.45. The molecule has 2 aliphatic rings. The fraction of sp³-hybridized carbons (Fsp3) is 0.455. The second-order valence-corrected chi connectivity index (χ2v) is 9.15. The summed E-state index contributed by atoms with van der Waals surface area (Å²) >= 11 is 12.4. The third-order valence-corrected chi connectivity index (χ3v) is 6.33. The van der Waals surface area contributed by atoms with E-state index in [0.29, 0.717) is 16.5 Å². The number of hydrogen-bond acceptors (Lipinski definition) is 5. The maximum atomic E-state index is 13.4. The Bertz CT molecular complexity index is 1140. The minimum absolute atomic E-state index is 0.0282. The molecule has 5 rings (SSSR count). The lowest BCUT2D eigenvalue weighted by Crippen LogP contribution is -2.27. The maximum absolute atomic E-state index is 13.4. The van der Waals surface area contributed by atoms with Gasteiger partial charge in [0, 0.05) is 19.0 Å². The van der Waals surface area contributed by atoms with E-state index in [1.165, 1.54) is 6.92 Å². The number of alkyl halides is 1. The Morgan fingerprint density at radius 1 is 1.19 bits per heavy atom. The van der Waals surface area contributed by atoms with Crippen LogP contribution >= 0.6 is 23.2 Å². The molecule has 6 nitrogen and oxygen atoms in total. The molecule has 2 aromatic heterocycles. The van der Waals surface area contributed by atoms with Crippen LogP contribution in [0.25, 0.3) is 11.0 Å². The van der Waals surface area contributed by atoms with Gasteiger partial charge < -0.3 is 18.8 Å². The lowest BCUT2D eigenvalue weighted by Gasteiger charge is -2.25. The predicted octanol–water partition coefficient (Wildman–Crippen LogP) is 5.68. The molecule has 3 aromatic rings. The SMILES string of the molecule is CC(F)Oc1cccc([C@H]2C[C@@H](n3ccc4c(Cl)nc(Cl)nc43)[C@@H]3OC(C)(C)O[C@@H]32)c1. The summed E-state index contributed by atoms with van der Waals surface area (Å²) in [4.78, 5) is 8.44. The van der Waals surface area contributed by atoms with Gasteiger partial charge in [-0.1, -0.05) is 23.7 Å². The van der Waals surface area contributed by atoms with Crippen LogP contribution in [0.1, 0.15) is 44.7 Å². The van der Waals surface area contributed by atoms with Gasteiger partial charge in [-0.25, -0.2) is 9.37 Å². The van der Waals surface area contributed by atoms with Gasteiger partial charge in [-0.05, 0) is 55.6 Å². The number of nitrogens with zero attached hydrogens (tertiary/aromatic N) is 3. The molecule has 9 heteroatoms. The lowest BCUT2D eigenvalue weighted by molar-refractivity contribution is -0.157. The molecule has 1 saturated carbocycles. The highest BCUT2D eigenvalue weighted by Gasteiger charge is 2.55. The molecule has 3 heterocycles. The third kappa shape index (κ3) is 3.78. The smallest absolute Gasteiger partial charge is 0.235 e. The number of ether oxygens (including phenoxy) is 3. The highest BCUT2D eigenvalue weighted by Crippen LogP contribution is 2.51. The molecule has 31 heavy (non-hydrogen) atoms. The van der Waals surface area contributed by atoms with Crippen molar-refractivity contribution >= 4 is 34.2 Å². The molecule has 164 valence electrons. The second kappa shape index (κ2) is 7.59. The molecular weight excluding hydrogens is 444 g/mol. The summed E-state index contributed by atoms with van der Waals surface area (Å²) in [5.41, 5.74) is 1.67. The normalized spacial score (nSPS) is 28.1. The standard InChI is InChI=1S/C22H22Cl2FN3O3/c1-11(25)29-13-6-4-5-12(9-13)15-10-16(18-17(15)30-22(2,3)31-18)28-8-7-14-19(23)26-21(24)27-20(14)28/h4-9,11,15-18H,10H2,1-3H3/t11?,15-,16-,17-,18+/m1/s1. The van der Waals surface area contributed by atoms with Crippen molar-refractivity contribution in [2.75, 3.05) is 0 Å². The van der Waals surface area contributed by atoms with Crippen molar-refractivity contribution in [3.8, 4) is 5.75 Å². The first kappa shape index (κ1) is 20.9. The molecule has 0 N–H and O–H groups in total. The Morgan fingerprint density at radius 3 is 2.74 bits per heavy atom. The van der Waals surface area contributed by atoms with Gasteiger partial charge in [0.15, 0.2) is 5.79 Å². The zero-order valence-corrected chi connectivity index (χ0v) is 18.8. The van der Waals surface area contributed by atoms with E-state index in [9.17, 15) is 4.39 Å². The molecule has 0 radical (unpaired) electrons. The van der Waals surface area contributed by atoms with Crippen LogP contribution in [0.15, 0.2) is 36.5 Å². The van der Waals surface area contributed by atoms with Crippen LogP contribution < -0.4 is 4.74 Å². The maximum Gasteiger partial charge on any atom is 0.235 e. The van der Waals surface area contributed by atoms with E-state index in [1.807, 2.05) is 48.9 Å². The predicted molar refractivity (Wildman–Crippen MR) is 115 cm³/mol. The van der Waals surface area contributed by atoms with Crippen LogP contribution in [0.3, 0.4) is 0 Å². The Morgan fingerprint density at radius 2 is 1.97 bits per heavy atom. The van der Waals surface area contributed by atoms with Crippen molar-refractivity contribution in [1.29, 1.82) is 0 Å². The monoisotopic (exact) mass is 465 g/mol. The van der Waals surface area contributed by atoms with Crippen molar-refractivity contribution < 1.29 is 18.6 Å². The van der Waals surface area contributed by atoms with Crippen LogP contribution in [0.4, 0.5) is 4.39 Å². The van der Waals surface area contributed by atoms with Crippen molar-refractivity contribution in [2.24, 2.45) is 0 Å². The van der Waals surface area contributed by atoms with Gasteiger partial charge in [-0.2, -0.15) is 4.98 Å². The number of aromatic nitrogens is 3. The minimum Gasteiger partial charge on any atom is -0.461 e. The number of halogens is 3. The average molecular weight is 466 g/mol. The summed E-state index contributed by atoms with van der Waals surface area (Å²) < 4.78 is 33.3. The van der Waals surface area contributed by atoms with Crippen LogP contribution in [0.5, 0.6) is 5.75 Å². The topological polar surface area (TPSA) is 58.4 Å².